The summed E-state index contributed by atoms with van der Waals surface area (Å²) in [5.41, 5.74) is 3.16. The maximum atomic E-state index is 10.9. The van der Waals surface area contributed by atoms with Crippen molar-refractivity contribution >= 4 is 0 Å². The molecule has 0 amide bonds. The Kier molecular flexibility index (Phi) is 3.60. The summed E-state index contributed by atoms with van der Waals surface area (Å²) in [4.78, 5) is 10.7. The van der Waals surface area contributed by atoms with E-state index in [9.17, 15) is 10.1 Å². The van der Waals surface area contributed by atoms with E-state index in [4.69, 9.17) is 4.74 Å². The van der Waals surface area contributed by atoms with Crippen LogP contribution in [0.3, 0.4) is 0 Å². The van der Waals surface area contributed by atoms with Gasteiger partial charge >= 0.3 is 0 Å². The summed E-state index contributed by atoms with van der Waals surface area (Å²) >= 11 is 0. The molecule has 1 saturated carbocycles. The number of ether oxygens (including phenoxy) is 1. The SMILES string of the molecule is Cc1ccc(OCc2ccccc2)c([C@@H]2C[C@H]2[N+](=O)[O-])c1. The number of rotatable bonds is 5. The molecule has 1 aliphatic carbocycles. The lowest BCUT2D eigenvalue weighted by molar-refractivity contribution is -0.496. The molecule has 4 nitrogen and oxygen atoms in total. The number of hydrogen-bond acceptors (Lipinski definition) is 3. The predicted octanol–water partition coefficient (Wildman–Crippen LogP) is 3.71. The van der Waals surface area contributed by atoms with Gasteiger partial charge in [-0.2, -0.15) is 0 Å². The fraction of sp³-hybridized carbons (Fsp3) is 0.294. The fourth-order valence-electron chi connectivity index (χ4n) is 2.57. The second-order valence-electron chi connectivity index (χ2n) is 5.51. The first-order valence-corrected chi connectivity index (χ1v) is 7.06. The van der Waals surface area contributed by atoms with Crippen LogP contribution in [0.5, 0.6) is 5.75 Å². The molecule has 2 aromatic rings. The van der Waals surface area contributed by atoms with Crippen LogP contribution >= 0.6 is 0 Å². The van der Waals surface area contributed by atoms with Crippen LogP contribution in [-0.2, 0) is 6.61 Å². The van der Waals surface area contributed by atoms with Crippen molar-refractivity contribution in [3.63, 3.8) is 0 Å². The molecule has 4 heteroatoms. The van der Waals surface area contributed by atoms with Gasteiger partial charge in [0.15, 0.2) is 0 Å². The lowest BCUT2D eigenvalue weighted by Gasteiger charge is -2.11. The zero-order valence-electron chi connectivity index (χ0n) is 11.9. The Morgan fingerprint density at radius 1 is 1.24 bits per heavy atom. The van der Waals surface area contributed by atoms with E-state index in [0.29, 0.717) is 13.0 Å². The average molecular weight is 283 g/mol. The Balaban J connectivity index is 1.77. The van der Waals surface area contributed by atoms with E-state index >= 15 is 0 Å². The molecule has 0 unspecified atom stereocenters. The highest BCUT2D eigenvalue weighted by Crippen LogP contribution is 2.46. The monoisotopic (exact) mass is 283 g/mol. The van der Waals surface area contributed by atoms with E-state index in [-0.39, 0.29) is 10.8 Å². The highest BCUT2D eigenvalue weighted by molar-refractivity contribution is 5.43. The molecule has 2 atom stereocenters. The van der Waals surface area contributed by atoms with Crippen molar-refractivity contribution in [2.45, 2.75) is 31.9 Å². The minimum Gasteiger partial charge on any atom is -0.489 e. The molecule has 2 aromatic carbocycles. The molecule has 0 aliphatic heterocycles. The molecule has 0 aromatic heterocycles. The molecule has 0 bridgehead atoms. The number of nitro groups is 1. The fourth-order valence-corrected chi connectivity index (χ4v) is 2.57. The third-order valence-corrected chi connectivity index (χ3v) is 3.83. The summed E-state index contributed by atoms with van der Waals surface area (Å²) < 4.78 is 5.88. The molecule has 1 aliphatic rings. The van der Waals surface area contributed by atoms with Crippen molar-refractivity contribution in [2.75, 3.05) is 0 Å². The Morgan fingerprint density at radius 3 is 2.67 bits per heavy atom. The van der Waals surface area contributed by atoms with Gasteiger partial charge in [0, 0.05) is 16.9 Å². The summed E-state index contributed by atoms with van der Waals surface area (Å²) in [6, 6.07) is 15.4. The quantitative estimate of drug-likeness (QED) is 0.621. The van der Waals surface area contributed by atoms with Crippen LogP contribution in [0.2, 0.25) is 0 Å². The van der Waals surface area contributed by atoms with Gasteiger partial charge in [0.1, 0.15) is 12.4 Å². The van der Waals surface area contributed by atoms with Crippen molar-refractivity contribution in [3.05, 3.63) is 75.3 Å². The van der Waals surface area contributed by atoms with E-state index in [2.05, 4.69) is 0 Å². The Labute approximate surface area is 123 Å². The molecule has 0 N–H and O–H groups in total. The van der Waals surface area contributed by atoms with Crippen LogP contribution in [0.1, 0.15) is 29.0 Å². The Hall–Kier alpha value is -2.36. The van der Waals surface area contributed by atoms with Gasteiger partial charge in [-0.15, -0.1) is 0 Å². The molecule has 21 heavy (non-hydrogen) atoms. The largest absolute Gasteiger partial charge is 0.489 e. The number of aryl methyl sites for hydroxylation is 1. The lowest BCUT2D eigenvalue weighted by Crippen LogP contribution is -2.04. The number of benzene rings is 2. The second-order valence-corrected chi connectivity index (χ2v) is 5.51. The van der Waals surface area contributed by atoms with Crippen LogP contribution in [-0.4, -0.2) is 11.0 Å². The number of hydrogen-bond donors (Lipinski definition) is 0. The van der Waals surface area contributed by atoms with Gasteiger partial charge in [-0.3, -0.25) is 10.1 Å². The van der Waals surface area contributed by atoms with Gasteiger partial charge in [0.25, 0.3) is 0 Å². The third-order valence-electron chi connectivity index (χ3n) is 3.83. The van der Waals surface area contributed by atoms with Crippen molar-refractivity contribution in [2.24, 2.45) is 0 Å². The van der Waals surface area contributed by atoms with Gasteiger partial charge in [0.05, 0.1) is 5.92 Å². The maximum Gasteiger partial charge on any atom is 0.221 e. The van der Waals surface area contributed by atoms with Crippen LogP contribution < -0.4 is 4.74 Å². The molecule has 3 rings (SSSR count). The molecule has 1 fully saturated rings. The topological polar surface area (TPSA) is 52.4 Å². The summed E-state index contributed by atoms with van der Waals surface area (Å²) in [6.07, 6.45) is 0.609. The summed E-state index contributed by atoms with van der Waals surface area (Å²) in [5.74, 6) is 0.754. The molecule has 0 radical (unpaired) electrons. The van der Waals surface area contributed by atoms with Crippen molar-refractivity contribution < 1.29 is 9.66 Å². The normalized spacial score (nSPS) is 20.0. The van der Waals surface area contributed by atoms with Crippen LogP contribution in [0.15, 0.2) is 48.5 Å². The van der Waals surface area contributed by atoms with E-state index in [1.165, 1.54) is 0 Å². The molecular formula is C17H17NO3. The van der Waals surface area contributed by atoms with E-state index in [1.54, 1.807) is 0 Å². The summed E-state index contributed by atoms with van der Waals surface area (Å²) in [6.45, 7) is 2.47. The molecule has 0 saturated heterocycles. The number of nitrogens with zero attached hydrogens (tertiary/aromatic N) is 1. The summed E-state index contributed by atoms with van der Waals surface area (Å²) in [7, 11) is 0. The van der Waals surface area contributed by atoms with Gasteiger partial charge in [-0.25, -0.2) is 0 Å². The lowest BCUT2D eigenvalue weighted by atomic mass is 10.1. The Morgan fingerprint density at radius 2 is 2.00 bits per heavy atom. The van der Waals surface area contributed by atoms with Crippen molar-refractivity contribution in [1.29, 1.82) is 0 Å². The maximum absolute atomic E-state index is 10.9. The van der Waals surface area contributed by atoms with Gasteiger partial charge < -0.3 is 4.74 Å². The first-order valence-electron chi connectivity index (χ1n) is 7.06. The average Bonchev–Trinajstić information content (AvgIpc) is 3.27. The van der Waals surface area contributed by atoms with Gasteiger partial charge in [-0.1, -0.05) is 48.0 Å². The van der Waals surface area contributed by atoms with E-state index in [1.807, 2.05) is 55.5 Å². The zero-order chi connectivity index (χ0) is 14.8. The molecule has 0 spiro atoms. The first kappa shape index (κ1) is 13.6. The smallest absolute Gasteiger partial charge is 0.221 e. The second kappa shape index (κ2) is 5.56. The van der Waals surface area contributed by atoms with Crippen LogP contribution in [0.25, 0.3) is 0 Å². The third kappa shape index (κ3) is 3.05. The van der Waals surface area contributed by atoms with Crippen molar-refractivity contribution in [1.82, 2.24) is 0 Å². The highest BCUT2D eigenvalue weighted by Gasteiger charge is 2.50. The minimum absolute atomic E-state index is 0.00864. The Bertz CT molecular complexity index is 654. The molecular weight excluding hydrogens is 266 g/mol. The minimum atomic E-state index is -0.453. The van der Waals surface area contributed by atoms with Gasteiger partial charge in [-0.05, 0) is 18.6 Å². The van der Waals surface area contributed by atoms with Crippen molar-refractivity contribution in [3.8, 4) is 5.75 Å². The molecule has 108 valence electrons. The highest BCUT2D eigenvalue weighted by atomic mass is 16.6. The van der Waals surface area contributed by atoms with Crippen LogP contribution in [0, 0.1) is 17.0 Å². The first-order chi connectivity index (χ1) is 10.1. The van der Waals surface area contributed by atoms with Crippen LogP contribution in [0.4, 0.5) is 0 Å². The predicted molar refractivity (Wildman–Crippen MR) is 80.1 cm³/mol. The van der Waals surface area contributed by atoms with E-state index in [0.717, 1.165) is 22.4 Å². The zero-order valence-corrected chi connectivity index (χ0v) is 11.9. The summed E-state index contributed by atoms with van der Waals surface area (Å²) in [5, 5.41) is 10.9. The standard InChI is InChI=1S/C17H17NO3/c1-12-7-8-17(21-11-13-5-3-2-4-6-13)15(9-12)14-10-16(14)18(19)20/h2-9,14,16H,10-11H2,1H3/t14-,16+/m0/s1. The molecule has 0 heterocycles. The van der Waals surface area contributed by atoms with Gasteiger partial charge in [0.2, 0.25) is 6.04 Å². The van der Waals surface area contributed by atoms with E-state index < -0.39 is 6.04 Å².